The highest BCUT2D eigenvalue weighted by Gasteiger charge is 2.11. The first kappa shape index (κ1) is 15.0. The van der Waals surface area contributed by atoms with E-state index in [9.17, 15) is 4.79 Å². The predicted octanol–water partition coefficient (Wildman–Crippen LogP) is 3.79. The number of nitrogens with zero attached hydrogens (tertiary/aromatic N) is 4. The zero-order valence-corrected chi connectivity index (χ0v) is 13.5. The summed E-state index contributed by atoms with van der Waals surface area (Å²) < 4.78 is 7.44. The van der Waals surface area contributed by atoms with Gasteiger partial charge in [-0.25, -0.2) is 0 Å². The summed E-state index contributed by atoms with van der Waals surface area (Å²) >= 11 is 0. The van der Waals surface area contributed by atoms with Crippen LogP contribution in [-0.4, -0.2) is 25.6 Å². The van der Waals surface area contributed by atoms with E-state index in [1.165, 1.54) is 6.92 Å². The zero-order chi connectivity index (χ0) is 17.2. The van der Waals surface area contributed by atoms with Crippen LogP contribution < -0.4 is 4.74 Å². The van der Waals surface area contributed by atoms with Gasteiger partial charge in [-0.1, -0.05) is 42.5 Å². The fraction of sp³-hybridized carbons (Fsp3) is 0.0526. The van der Waals surface area contributed by atoms with Crippen LogP contribution >= 0.6 is 0 Å². The molecule has 0 aliphatic heterocycles. The maximum Gasteiger partial charge on any atom is 0.237 e. The van der Waals surface area contributed by atoms with Gasteiger partial charge in [-0.3, -0.25) is 4.79 Å². The van der Waals surface area contributed by atoms with Crippen LogP contribution in [-0.2, 0) is 0 Å². The van der Waals surface area contributed by atoms with E-state index in [-0.39, 0.29) is 5.78 Å². The van der Waals surface area contributed by atoms with Gasteiger partial charge >= 0.3 is 0 Å². The third kappa shape index (κ3) is 2.97. The first-order valence-corrected chi connectivity index (χ1v) is 7.77. The Bertz CT molecular complexity index is 1060. The van der Waals surface area contributed by atoms with Gasteiger partial charge in [-0.2, -0.15) is 4.52 Å². The number of fused-ring (bicyclic) bond motifs is 1. The van der Waals surface area contributed by atoms with E-state index >= 15 is 0 Å². The second-order valence-corrected chi connectivity index (χ2v) is 5.52. The van der Waals surface area contributed by atoms with Crippen molar-refractivity contribution in [2.45, 2.75) is 6.92 Å². The van der Waals surface area contributed by atoms with Crippen molar-refractivity contribution < 1.29 is 9.53 Å². The Labute approximate surface area is 143 Å². The topological polar surface area (TPSA) is 69.4 Å². The van der Waals surface area contributed by atoms with Crippen molar-refractivity contribution in [1.29, 1.82) is 0 Å². The van der Waals surface area contributed by atoms with Crippen LogP contribution in [0, 0.1) is 0 Å². The maximum absolute atomic E-state index is 11.5. The van der Waals surface area contributed by atoms with E-state index in [1.54, 1.807) is 40.9 Å². The summed E-state index contributed by atoms with van der Waals surface area (Å²) in [5.41, 5.74) is 2.13. The Morgan fingerprint density at radius 3 is 2.60 bits per heavy atom. The molecule has 0 N–H and O–H groups in total. The molecule has 122 valence electrons. The average Bonchev–Trinajstić information content (AvgIpc) is 3.06. The van der Waals surface area contributed by atoms with Gasteiger partial charge in [0.2, 0.25) is 5.88 Å². The van der Waals surface area contributed by atoms with E-state index < -0.39 is 0 Å². The van der Waals surface area contributed by atoms with Crippen LogP contribution in [0.4, 0.5) is 0 Å². The highest BCUT2D eigenvalue weighted by molar-refractivity contribution is 5.94. The van der Waals surface area contributed by atoms with Crippen molar-refractivity contribution in [3.8, 4) is 23.0 Å². The Hall–Kier alpha value is -3.54. The SMILES string of the molecule is CC(=O)c1cccc(Oc2ccc3nnc(-c4ccccc4)n3n2)c1. The van der Waals surface area contributed by atoms with Crippen LogP contribution in [0.2, 0.25) is 0 Å². The number of carbonyl (C=O) groups excluding carboxylic acids is 1. The van der Waals surface area contributed by atoms with Crippen molar-refractivity contribution in [3.63, 3.8) is 0 Å². The number of ether oxygens (including phenoxy) is 1. The Morgan fingerprint density at radius 2 is 1.80 bits per heavy atom. The quantitative estimate of drug-likeness (QED) is 0.533. The number of benzene rings is 2. The molecule has 0 amide bonds. The number of Topliss-reactive ketones (excluding diaryl/α,β-unsaturated/α-hetero) is 1. The molecule has 0 aliphatic carbocycles. The third-order valence-corrected chi connectivity index (χ3v) is 3.73. The number of ketones is 1. The summed E-state index contributed by atoms with van der Waals surface area (Å²) in [4.78, 5) is 11.5. The summed E-state index contributed by atoms with van der Waals surface area (Å²) in [7, 11) is 0. The van der Waals surface area contributed by atoms with Gasteiger partial charge in [0.25, 0.3) is 0 Å². The summed E-state index contributed by atoms with van der Waals surface area (Å²) in [6, 6.07) is 20.2. The molecule has 0 unspecified atom stereocenters. The molecule has 0 aliphatic rings. The summed E-state index contributed by atoms with van der Waals surface area (Å²) in [6.07, 6.45) is 0. The molecule has 4 rings (SSSR count). The van der Waals surface area contributed by atoms with Gasteiger partial charge in [0.05, 0.1) is 0 Å². The maximum atomic E-state index is 11.5. The first-order chi connectivity index (χ1) is 12.2. The van der Waals surface area contributed by atoms with Gasteiger partial charge in [0.15, 0.2) is 17.3 Å². The van der Waals surface area contributed by atoms with E-state index in [0.717, 1.165) is 5.56 Å². The molecule has 4 aromatic rings. The normalized spacial score (nSPS) is 10.8. The monoisotopic (exact) mass is 330 g/mol. The fourth-order valence-corrected chi connectivity index (χ4v) is 2.49. The van der Waals surface area contributed by atoms with Crippen molar-refractivity contribution in [1.82, 2.24) is 19.8 Å². The van der Waals surface area contributed by atoms with E-state index in [1.807, 2.05) is 30.3 Å². The van der Waals surface area contributed by atoms with Crippen LogP contribution in [0.3, 0.4) is 0 Å². The molecular weight excluding hydrogens is 316 g/mol. The summed E-state index contributed by atoms with van der Waals surface area (Å²) in [5.74, 6) is 1.57. The van der Waals surface area contributed by atoms with Crippen molar-refractivity contribution in [3.05, 3.63) is 72.3 Å². The van der Waals surface area contributed by atoms with Crippen LogP contribution in [0.25, 0.3) is 17.0 Å². The van der Waals surface area contributed by atoms with Gasteiger partial charge in [0.1, 0.15) is 5.75 Å². The van der Waals surface area contributed by atoms with E-state index in [0.29, 0.717) is 28.7 Å². The highest BCUT2D eigenvalue weighted by atomic mass is 16.5. The van der Waals surface area contributed by atoms with Crippen molar-refractivity contribution in [2.75, 3.05) is 0 Å². The largest absolute Gasteiger partial charge is 0.438 e. The Balaban J connectivity index is 1.72. The molecule has 6 nitrogen and oxygen atoms in total. The highest BCUT2D eigenvalue weighted by Crippen LogP contribution is 2.23. The van der Waals surface area contributed by atoms with Gasteiger partial charge < -0.3 is 4.74 Å². The minimum absolute atomic E-state index is 0.0148. The van der Waals surface area contributed by atoms with E-state index in [2.05, 4.69) is 15.3 Å². The summed E-state index contributed by atoms with van der Waals surface area (Å²) in [5, 5.41) is 12.8. The standard InChI is InChI=1S/C19H14N4O2/c1-13(24)15-8-5-9-16(12-15)25-18-11-10-17-20-21-19(23(17)22-18)14-6-3-2-4-7-14/h2-12H,1H3. The summed E-state index contributed by atoms with van der Waals surface area (Å²) in [6.45, 7) is 1.52. The fourth-order valence-electron chi connectivity index (χ4n) is 2.49. The molecule has 0 saturated carbocycles. The van der Waals surface area contributed by atoms with Gasteiger partial charge in [0, 0.05) is 17.2 Å². The number of hydrogen-bond donors (Lipinski definition) is 0. The van der Waals surface area contributed by atoms with Crippen molar-refractivity contribution >= 4 is 11.4 Å². The third-order valence-electron chi connectivity index (χ3n) is 3.73. The molecule has 0 fully saturated rings. The molecule has 0 bridgehead atoms. The van der Waals surface area contributed by atoms with Crippen molar-refractivity contribution in [2.24, 2.45) is 0 Å². The molecular formula is C19H14N4O2. The van der Waals surface area contributed by atoms with E-state index in [4.69, 9.17) is 4.74 Å². The minimum atomic E-state index is -0.0148. The molecule has 25 heavy (non-hydrogen) atoms. The average molecular weight is 330 g/mol. The lowest BCUT2D eigenvalue weighted by Crippen LogP contribution is -1.98. The smallest absolute Gasteiger partial charge is 0.237 e. The second kappa shape index (κ2) is 6.16. The molecule has 0 saturated heterocycles. The Morgan fingerprint density at radius 1 is 0.960 bits per heavy atom. The molecule has 0 radical (unpaired) electrons. The lowest BCUT2D eigenvalue weighted by molar-refractivity contribution is 0.101. The van der Waals surface area contributed by atoms with Crippen LogP contribution in [0.1, 0.15) is 17.3 Å². The lowest BCUT2D eigenvalue weighted by Gasteiger charge is -2.06. The minimum Gasteiger partial charge on any atom is -0.438 e. The van der Waals surface area contributed by atoms with Crippen LogP contribution in [0.5, 0.6) is 11.6 Å². The number of hydrogen-bond acceptors (Lipinski definition) is 5. The van der Waals surface area contributed by atoms with Gasteiger partial charge in [-0.15, -0.1) is 15.3 Å². The zero-order valence-electron chi connectivity index (χ0n) is 13.5. The molecule has 6 heteroatoms. The predicted molar refractivity (Wildman–Crippen MR) is 92.7 cm³/mol. The molecule has 0 spiro atoms. The lowest BCUT2D eigenvalue weighted by atomic mass is 10.1. The number of carbonyl (C=O) groups is 1. The second-order valence-electron chi connectivity index (χ2n) is 5.52. The van der Waals surface area contributed by atoms with Crippen LogP contribution in [0.15, 0.2) is 66.7 Å². The molecule has 2 aromatic carbocycles. The Kier molecular flexibility index (Phi) is 3.70. The number of rotatable bonds is 4. The van der Waals surface area contributed by atoms with Gasteiger partial charge in [-0.05, 0) is 25.1 Å². The molecule has 2 aromatic heterocycles. The number of aromatic nitrogens is 4. The molecule has 0 atom stereocenters. The molecule has 2 heterocycles. The first-order valence-electron chi connectivity index (χ1n) is 7.77.